The molecule has 1 rings (SSSR count). The van der Waals surface area contributed by atoms with Gasteiger partial charge in [-0.3, -0.25) is 9.79 Å². The Kier molecular flexibility index (Phi) is 9.72. The van der Waals surface area contributed by atoms with Gasteiger partial charge in [-0.2, -0.15) is 0 Å². The monoisotopic (exact) mass is 325 g/mol. The molecule has 1 fully saturated rings. The number of ether oxygens (including phenoxy) is 1. The number of piperidine rings is 1. The van der Waals surface area contributed by atoms with Crippen molar-refractivity contribution >= 4 is 11.9 Å². The van der Waals surface area contributed by atoms with Gasteiger partial charge < -0.3 is 15.0 Å². The molecule has 134 valence electrons. The zero-order chi connectivity index (χ0) is 17.1. The summed E-state index contributed by atoms with van der Waals surface area (Å²) in [5, 5.41) is 3.46. The number of carbonyl (C=O) groups excluding carboxylic acids is 1. The largest absolute Gasteiger partial charge is 0.469 e. The van der Waals surface area contributed by atoms with Crippen molar-refractivity contribution in [3.05, 3.63) is 0 Å². The summed E-state index contributed by atoms with van der Waals surface area (Å²) in [5.41, 5.74) is 0. The summed E-state index contributed by atoms with van der Waals surface area (Å²) in [4.78, 5) is 18.2. The summed E-state index contributed by atoms with van der Waals surface area (Å²) >= 11 is 0. The highest BCUT2D eigenvalue weighted by molar-refractivity contribution is 5.80. The SMILES string of the molecule is CN=C(NCCCCCCC(C)C)N1CCC(C(=O)OC)CC1. The molecule has 0 aromatic heterocycles. The number of aliphatic imine (C=N–C) groups is 1. The number of likely N-dealkylation sites (tertiary alicyclic amines) is 1. The Morgan fingerprint density at radius 2 is 1.87 bits per heavy atom. The summed E-state index contributed by atoms with van der Waals surface area (Å²) in [6.07, 6.45) is 8.17. The third kappa shape index (κ3) is 7.71. The Bertz CT molecular complexity index is 361. The summed E-state index contributed by atoms with van der Waals surface area (Å²) in [7, 11) is 3.30. The van der Waals surface area contributed by atoms with Crippen LogP contribution in [0.15, 0.2) is 4.99 Å². The van der Waals surface area contributed by atoms with E-state index in [-0.39, 0.29) is 11.9 Å². The van der Waals surface area contributed by atoms with Crippen LogP contribution >= 0.6 is 0 Å². The van der Waals surface area contributed by atoms with E-state index in [1.165, 1.54) is 39.2 Å². The Hall–Kier alpha value is -1.26. The molecular formula is C18H35N3O2. The van der Waals surface area contributed by atoms with Gasteiger partial charge in [0, 0.05) is 26.7 Å². The third-order valence-corrected chi connectivity index (χ3v) is 4.53. The van der Waals surface area contributed by atoms with Gasteiger partial charge in [0.2, 0.25) is 0 Å². The van der Waals surface area contributed by atoms with E-state index in [4.69, 9.17) is 4.74 Å². The number of nitrogens with zero attached hydrogens (tertiary/aromatic N) is 2. The molecule has 0 atom stereocenters. The van der Waals surface area contributed by atoms with Crippen LogP contribution in [-0.4, -0.2) is 50.6 Å². The lowest BCUT2D eigenvalue weighted by Crippen LogP contribution is -2.46. The molecule has 1 heterocycles. The van der Waals surface area contributed by atoms with Crippen LogP contribution in [0.3, 0.4) is 0 Å². The second kappa shape index (κ2) is 11.3. The number of guanidine groups is 1. The Labute approximate surface area is 141 Å². The molecule has 1 N–H and O–H groups in total. The molecule has 1 aliphatic heterocycles. The van der Waals surface area contributed by atoms with Gasteiger partial charge in [-0.1, -0.05) is 39.5 Å². The topological polar surface area (TPSA) is 53.9 Å². The maximum atomic E-state index is 11.6. The lowest BCUT2D eigenvalue weighted by molar-refractivity contribution is -0.146. The average Bonchev–Trinajstić information content (AvgIpc) is 2.56. The quantitative estimate of drug-likeness (QED) is 0.322. The Balaban J connectivity index is 2.17. The first-order chi connectivity index (χ1) is 11.1. The van der Waals surface area contributed by atoms with Crippen molar-refractivity contribution in [2.45, 2.75) is 58.8 Å². The average molecular weight is 325 g/mol. The number of hydrogen-bond acceptors (Lipinski definition) is 3. The molecule has 0 radical (unpaired) electrons. The van der Waals surface area contributed by atoms with Gasteiger partial charge in [0.25, 0.3) is 0 Å². The molecular weight excluding hydrogens is 290 g/mol. The van der Waals surface area contributed by atoms with E-state index in [0.717, 1.165) is 44.4 Å². The second-order valence-corrected chi connectivity index (χ2v) is 6.86. The fourth-order valence-electron chi connectivity index (χ4n) is 3.06. The van der Waals surface area contributed by atoms with E-state index in [2.05, 4.69) is 29.1 Å². The number of methoxy groups -OCH3 is 1. The van der Waals surface area contributed by atoms with Crippen LogP contribution in [0.25, 0.3) is 0 Å². The number of esters is 1. The van der Waals surface area contributed by atoms with E-state index in [1.807, 2.05) is 7.05 Å². The van der Waals surface area contributed by atoms with Gasteiger partial charge in [-0.05, 0) is 25.2 Å². The van der Waals surface area contributed by atoms with Crippen molar-refractivity contribution in [3.8, 4) is 0 Å². The molecule has 0 unspecified atom stereocenters. The van der Waals surface area contributed by atoms with Crippen molar-refractivity contribution in [3.63, 3.8) is 0 Å². The van der Waals surface area contributed by atoms with E-state index in [1.54, 1.807) is 0 Å². The lowest BCUT2D eigenvalue weighted by Gasteiger charge is -2.33. The van der Waals surface area contributed by atoms with Gasteiger partial charge in [-0.25, -0.2) is 0 Å². The van der Waals surface area contributed by atoms with E-state index >= 15 is 0 Å². The van der Waals surface area contributed by atoms with Crippen LogP contribution in [0.5, 0.6) is 0 Å². The molecule has 0 saturated carbocycles. The summed E-state index contributed by atoms with van der Waals surface area (Å²) in [6.45, 7) is 7.29. The first-order valence-electron chi connectivity index (χ1n) is 9.12. The molecule has 1 aliphatic rings. The van der Waals surface area contributed by atoms with Crippen LogP contribution in [-0.2, 0) is 9.53 Å². The molecule has 0 bridgehead atoms. The molecule has 0 spiro atoms. The number of rotatable bonds is 8. The first-order valence-corrected chi connectivity index (χ1v) is 9.12. The maximum absolute atomic E-state index is 11.6. The highest BCUT2D eigenvalue weighted by Crippen LogP contribution is 2.18. The standard InChI is InChI=1S/C18H35N3O2/c1-15(2)9-7-5-6-8-12-20-18(19-3)21-13-10-16(11-14-21)17(22)23-4/h15-16H,5-14H2,1-4H3,(H,19,20). The minimum absolute atomic E-state index is 0.0512. The van der Waals surface area contributed by atoms with Crippen LogP contribution < -0.4 is 5.32 Å². The third-order valence-electron chi connectivity index (χ3n) is 4.53. The summed E-state index contributed by atoms with van der Waals surface area (Å²) in [6, 6.07) is 0. The van der Waals surface area contributed by atoms with Gasteiger partial charge in [-0.15, -0.1) is 0 Å². The molecule has 1 saturated heterocycles. The van der Waals surface area contributed by atoms with Crippen molar-refractivity contribution in [1.82, 2.24) is 10.2 Å². The highest BCUT2D eigenvalue weighted by atomic mass is 16.5. The minimum Gasteiger partial charge on any atom is -0.469 e. The molecule has 0 amide bonds. The first kappa shape index (κ1) is 19.8. The zero-order valence-corrected chi connectivity index (χ0v) is 15.4. The molecule has 0 aliphatic carbocycles. The highest BCUT2D eigenvalue weighted by Gasteiger charge is 2.26. The second-order valence-electron chi connectivity index (χ2n) is 6.86. The fourth-order valence-corrected chi connectivity index (χ4v) is 3.06. The fraction of sp³-hybridized carbons (Fsp3) is 0.889. The van der Waals surface area contributed by atoms with Crippen LogP contribution in [0.1, 0.15) is 58.8 Å². The van der Waals surface area contributed by atoms with Crippen molar-refractivity contribution in [2.24, 2.45) is 16.8 Å². The molecule has 0 aromatic rings. The van der Waals surface area contributed by atoms with Crippen LogP contribution in [0.2, 0.25) is 0 Å². The lowest BCUT2D eigenvalue weighted by atomic mass is 9.97. The van der Waals surface area contributed by atoms with Crippen molar-refractivity contribution < 1.29 is 9.53 Å². The van der Waals surface area contributed by atoms with E-state index in [0.29, 0.717) is 0 Å². The van der Waals surface area contributed by atoms with Crippen molar-refractivity contribution in [2.75, 3.05) is 33.8 Å². The van der Waals surface area contributed by atoms with Crippen molar-refractivity contribution in [1.29, 1.82) is 0 Å². The number of nitrogens with one attached hydrogen (secondary N) is 1. The van der Waals surface area contributed by atoms with Gasteiger partial charge in [0.1, 0.15) is 0 Å². The predicted molar refractivity (Wildman–Crippen MR) is 95.6 cm³/mol. The van der Waals surface area contributed by atoms with Gasteiger partial charge in [0.15, 0.2) is 5.96 Å². The number of hydrogen-bond donors (Lipinski definition) is 1. The molecule has 23 heavy (non-hydrogen) atoms. The number of unbranched alkanes of at least 4 members (excludes halogenated alkanes) is 3. The van der Waals surface area contributed by atoms with Gasteiger partial charge in [0.05, 0.1) is 13.0 Å². The molecule has 5 heteroatoms. The maximum Gasteiger partial charge on any atom is 0.308 e. The number of carbonyl (C=O) groups is 1. The Morgan fingerprint density at radius 3 is 2.43 bits per heavy atom. The van der Waals surface area contributed by atoms with E-state index in [9.17, 15) is 4.79 Å². The predicted octanol–water partition coefficient (Wildman–Crippen LogP) is 3.05. The molecule has 5 nitrogen and oxygen atoms in total. The Morgan fingerprint density at radius 1 is 1.22 bits per heavy atom. The molecule has 0 aromatic carbocycles. The van der Waals surface area contributed by atoms with Crippen LogP contribution in [0.4, 0.5) is 0 Å². The van der Waals surface area contributed by atoms with E-state index < -0.39 is 0 Å². The normalized spacial score (nSPS) is 16.7. The zero-order valence-electron chi connectivity index (χ0n) is 15.4. The summed E-state index contributed by atoms with van der Waals surface area (Å²) in [5.74, 6) is 1.76. The van der Waals surface area contributed by atoms with Crippen LogP contribution in [0, 0.1) is 11.8 Å². The summed E-state index contributed by atoms with van der Waals surface area (Å²) < 4.78 is 4.83. The minimum atomic E-state index is -0.0750. The smallest absolute Gasteiger partial charge is 0.308 e. The van der Waals surface area contributed by atoms with Gasteiger partial charge >= 0.3 is 5.97 Å².